The molecular weight excluding hydrogens is 837 g/mol. The van der Waals surface area contributed by atoms with Gasteiger partial charge in [0.15, 0.2) is 0 Å². The van der Waals surface area contributed by atoms with E-state index in [1.54, 1.807) is 0 Å². The zero-order valence-electron chi connectivity index (χ0n) is 34.1. The average molecular weight is 890 g/mol. The van der Waals surface area contributed by atoms with E-state index in [2.05, 4.69) is 17.0 Å². The summed E-state index contributed by atoms with van der Waals surface area (Å²) < 4.78 is 87.8. The largest absolute Gasteiger partial charge is 0.493 e. The second-order valence-corrected chi connectivity index (χ2v) is 18.1. The third-order valence-corrected chi connectivity index (χ3v) is 13.6. The number of amides is 1. The van der Waals surface area contributed by atoms with E-state index in [-0.39, 0.29) is 17.2 Å². The van der Waals surface area contributed by atoms with Crippen molar-refractivity contribution in [2.24, 2.45) is 11.8 Å². The van der Waals surface area contributed by atoms with Crippen LogP contribution in [0.2, 0.25) is 10.0 Å². The molecule has 8 rings (SSSR count). The topological polar surface area (TPSA) is 42.0 Å². The Balaban J connectivity index is 0.000000184. The van der Waals surface area contributed by atoms with Crippen LogP contribution in [-0.2, 0) is 28.0 Å². The lowest BCUT2D eigenvalue weighted by Gasteiger charge is -2.47. The van der Waals surface area contributed by atoms with Gasteiger partial charge in [0.1, 0.15) is 11.5 Å². The molecule has 2 saturated carbocycles. The van der Waals surface area contributed by atoms with Gasteiger partial charge in [-0.05, 0) is 142 Å². The van der Waals surface area contributed by atoms with Gasteiger partial charge in [0.2, 0.25) is 5.91 Å². The van der Waals surface area contributed by atoms with Crippen molar-refractivity contribution in [3.8, 4) is 11.5 Å². The monoisotopic (exact) mass is 888 g/mol. The first kappa shape index (κ1) is 45.1. The van der Waals surface area contributed by atoms with E-state index in [0.29, 0.717) is 42.2 Å². The highest BCUT2D eigenvalue weighted by Crippen LogP contribution is 2.47. The molecule has 13 heteroatoms. The number of alkyl halides is 6. The molecule has 0 N–H and O–H groups in total. The second-order valence-electron chi connectivity index (χ2n) is 17.3. The Morgan fingerprint density at radius 2 is 1.05 bits per heavy atom. The fraction of sp³-hybridized carbons (Fsp3) is 0.479. The lowest BCUT2D eigenvalue weighted by atomic mass is 9.63. The van der Waals surface area contributed by atoms with Crippen molar-refractivity contribution in [2.45, 2.75) is 87.4 Å². The number of halogens is 8. The van der Waals surface area contributed by atoms with Crippen LogP contribution in [0.4, 0.5) is 26.3 Å². The highest BCUT2D eigenvalue weighted by atomic mass is 35.5. The number of carbonyl (C=O) groups is 1. The average Bonchev–Trinajstić information content (AvgIpc) is 3.21. The van der Waals surface area contributed by atoms with Crippen LogP contribution in [0.5, 0.6) is 11.5 Å². The number of hydrogen-bond acceptors (Lipinski definition) is 4. The molecule has 4 aliphatic rings. The van der Waals surface area contributed by atoms with Gasteiger partial charge in [-0.15, -0.1) is 0 Å². The fourth-order valence-electron chi connectivity index (χ4n) is 9.33. The van der Waals surface area contributed by atoms with Crippen LogP contribution in [-0.4, -0.2) is 61.6 Å². The Morgan fingerprint density at radius 3 is 1.49 bits per heavy atom. The predicted molar refractivity (Wildman–Crippen MR) is 226 cm³/mol. The van der Waals surface area contributed by atoms with Crippen molar-refractivity contribution < 1.29 is 40.6 Å². The maximum Gasteiger partial charge on any atom is 0.416 e. The Labute approximate surface area is 364 Å². The SMILES string of the molecule is FC(F)(F)c1ccc(OC[C@@H]2CCCN(CC3(c4ccc(Cl)cc4)CCC3)C2)cc1.O=C(N1CCC[C@@H](COc2ccc(C(F)(F)F)cc2)C1)C1(c2ccc(Cl)cc2)CCC1. The van der Waals surface area contributed by atoms with Crippen molar-refractivity contribution in [1.82, 2.24) is 9.80 Å². The zero-order valence-corrected chi connectivity index (χ0v) is 35.6. The summed E-state index contributed by atoms with van der Waals surface area (Å²) >= 11 is 12.1. The molecule has 2 atom stereocenters. The standard InChI is InChI=1S/C24H25ClF3NO2.C24H27ClF3NO/c25-20-8-4-18(5-9-20)23(12-2-13-23)22(30)29-14-1-3-17(15-29)16-31-21-10-6-19(7-11-21)24(26,27)28;25-21-8-4-19(5-9-21)23(12-2-13-23)17-29-14-1-3-18(15-29)16-30-22-10-6-20(7-11-22)24(26,27)28/h4-11,17H,1-3,12-16H2;4-11,18H,1-3,12-17H2/t17-;18-/m11/s1. The molecule has 1 amide bonds. The molecule has 0 bridgehead atoms. The maximum atomic E-state index is 13.5. The van der Waals surface area contributed by atoms with Crippen LogP contribution >= 0.6 is 23.2 Å². The lowest BCUT2D eigenvalue weighted by Crippen LogP contribution is -2.54. The molecule has 4 aromatic carbocycles. The van der Waals surface area contributed by atoms with E-state index in [9.17, 15) is 31.1 Å². The Kier molecular flexibility index (Phi) is 14.2. The molecule has 2 heterocycles. The van der Waals surface area contributed by atoms with E-state index < -0.39 is 28.9 Å². The van der Waals surface area contributed by atoms with Crippen molar-refractivity contribution in [1.29, 1.82) is 0 Å². The summed E-state index contributed by atoms with van der Waals surface area (Å²) in [4.78, 5) is 18.0. The number of benzene rings is 4. The van der Waals surface area contributed by atoms with Gasteiger partial charge in [0.25, 0.3) is 0 Å². The summed E-state index contributed by atoms with van der Waals surface area (Å²) in [6.07, 6.45) is 1.75. The molecular formula is C48H52Cl2F6N2O3. The van der Waals surface area contributed by atoms with Crippen LogP contribution in [0.1, 0.15) is 86.5 Å². The van der Waals surface area contributed by atoms with Gasteiger partial charge in [-0.2, -0.15) is 26.3 Å². The highest BCUT2D eigenvalue weighted by molar-refractivity contribution is 6.30. The molecule has 0 radical (unpaired) electrons. The van der Waals surface area contributed by atoms with Crippen LogP contribution in [0.3, 0.4) is 0 Å². The number of piperidine rings is 2. The van der Waals surface area contributed by atoms with Crippen molar-refractivity contribution in [2.75, 3.05) is 45.9 Å². The van der Waals surface area contributed by atoms with Gasteiger partial charge in [-0.25, -0.2) is 0 Å². The minimum atomic E-state index is -4.36. The quantitative estimate of drug-likeness (QED) is 0.141. The molecule has 0 aromatic heterocycles. The van der Waals surface area contributed by atoms with E-state index in [0.717, 1.165) is 106 Å². The first-order valence-electron chi connectivity index (χ1n) is 21.3. The predicted octanol–water partition coefficient (Wildman–Crippen LogP) is 12.7. The van der Waals surface area contributed by atoms with Gasteiger partial charge in [-0.1, -0.05) is 60.3 Å². The zero-order chi connectivity index (χ0) is 43.3. The third-order valence-electron chi connectivity index (χ3n) is 13.1. The van der Waals surface area contributed by atoms with Crippen molar-refractivity contribution >= 4 is 29.1 Å². The molecule has 2 saturated heterocycles. The third kappa shape index (κ3) is 11.2. The van der Waals surface area contributed by atoms with Crippen LogP contribution in [0.25, 0.3) is 0 Å². The van der Waals surface area contributed by atoms with Gasteiger partial charge < -0.3 is 19.3 Å². The number of hydrogen-bond donors (Lipinski definition) is 0. The van der Waals surface area contributed by atoms with Gasteiger partial charge in [0.05, 0.1) is 29.8 Å². The Hall–Kier alpha value is -3.93. The number of ether oxygens (including phenoxy) is 2. The summed E-state index contributed by atoms with van der Waals surface area (Å²) in [5, 5.41) is 1.43. The Morgan fingerprint density at radius 1 is 0.590 bits per heavy atom. The summed E-state index contributed by atoms with van der Waals surface area (Å²) in [5.41, 5.74) is 0.827. The molecule has 328 valence electrons. The van der Waals surface area contributed by atoms with Gasteiger partial charge in [-0.3, -0.25) is 4.79 Å². The fourth-order valence-corrected chi connectivity index (χ4v) is 9.58. The van der Waals surface area contributed by atoms with Crippen LogP contribution < -0.4 is 9.47 Å². The minimum absolute atomic E-state index is 0.155. The smallest absolute Gasteiger partial charge is 0.416 e. The highest BCUT2D eigenvalue weighted by Gasteiger charge is 2.48. The van der Waals surface area contributed by atoms with E-state index >= 15 is 0 Å². The van der Waals surface area contributed by atoms with Crippen LogP contribution in [0, 0.1) is 11.8 Å². The van der Waals surface area contributed by atoms with E-state index in [4.69, 9.17) is 32.7 Å². The van der Waals surface area contributed by atoms with Crippen LogP contribution in [0.15, 0.2) is 97.1 Å². The summed E-state index contributed by atoms with van der Waals surface area (Å²) in [6, 6.07) is 25.6. The second kappa shape index (κ2) is 19.2. The number of carbonyl (C=O) groups excluding carboxylic acids is 1. The molecule has 4 fully saturated rings. The molecule has 0 spiro atoms. The summed E-state index contributed by atoms with van der Waals surface area (Å²) in [6.45, 7) is 5.35. The van der Waals surface area contributed by atoms with Crippen molar-refractivity contribution in [3.05, 3.63) is 129 Å². The molecule has 0 unspecified atom stereocenters. The first-order chi connectivity index (χ1) is 29.1. The molecule has 4 aromatic rings. The number of rotatable bonds is 11. The minimum Gasteiger partial charge on any atom is -0.493 e. The lowest BCUT2D eigenvalue weighted by molar-refractivity contribution is -0.143. The molecule has 61 heavy (non-hydrogen) atoms. The Bertz CT molecular complexity index is 2030. The van der Waals surface area contributed by atoms with E-state index in [1.165, 1.54) is 49.1 Å². The summed E-state index contributed by atoms with van der Waals surface area (Å²) in [5.74, 6) is 1.62. The van der Waals surface area contributed by atoms with E-state index in [1.807, 2.05) is 41.3 Å². The van der Waals surface area contributed by atoms with Gasteiger partial charge in [0, 0.05) is 53.5 Å². The molecule has 2 aliphatic carbocycles. The van der Waals surface area contributed by atoms with Crippen molar-refractivity contribution in [3.63, 3.8) is 0 Å². The number of likely N-dealkylation sites (tertiary alicyclic amines) is 2. The summed E-state index contributed by atoms with van der Waals surface area (Å²) in [7, 11) is 0. The maximum absolute atomic E-state index is 13.5. The first-order valence-corrected chi connectivity index (χ1v) is 22.0. The molecule has 2 aliphatic heterocycles. The van der Waals surface area contributed by atoms with Gasteiger partial charge >= 0.3 is 12.4 Å². The number of nitrogens with zero attached hydrogens (tertiary/aromatic N) is 2. The molecule has 5 nitrogen and oxygen atoms in total. The normalized spacial score (nSPS) is 21.3.